The molecule has 1 atom stereocenters. The van der Waals surface area contributed by atoms with Gasteiger partial charge >= 0.3 is 0 Å². The van der Waals surface area contributed by atoms with E-state index in [1.54, 1.807) is 6.92 Å². The standard InChI is InChI=1S/C34H28ClN7O2S/c1-18-30-31(22-10-12-24(35)13-11-22)37-28(33-41-38-20(3)42(33)34(30)45-32(18)19(2)43)17-29(44)36-25-14-15-27-23(16-25)9-8-21-6-4-5-7-26(21)39-40-27/h4-7,10-16,28H,8-9,17H2,1-3H3,(H,36,44)/t28-/m0/s1. The highest BCUT2D eigenvalue weighted by atomic mass is 35.5. The summed E-state index contributed by atoms with van der Waals surface area (Å²) in [6, 6.07) is 20.5. The number of nitrogens with zero attached hydrogens (tertiary/aromatic N) is 6. The molecular weight excluding hydrogens is 606 g/mol. The summed E-state index contributed by atoms with van der Waals surface area (Å²) < 4.78 is 1.93. The van der Waals surface area contributed by atoms with Crippen molar-refractivity contribution in [2.24, 2.45) is 15.2 Å². The van der Waals surface area contributed by atoms with E-state index in [2.05, 4.69) is 31.8 Å². The maximum atomic E-state index is 13.6. The number of hydrogen-bond donors (Lipinski definition) is 1. The molecule has 5 aromatic rings. The highest BCUT2D eigenvalue weighted by Crippen LogP contribution is 2.40. The van der Waals surface area contributed by atoms with Gasteiger partial charge in [0.1, 0.15) is 16.9 Å². The molecule has 45 heavy (non-hydrogen) atoms. The van der Waals surface area contributed by atoms with Crippen LogP contribution in [0.15, 0.2) is 82.0 Å². The number of halogens is 1. The second-order valence-corrected chi connectivity index (χ2v) is 12.6. The van der Waals surface area contributed by atoms with Crippen molar-refractivity contribution in [3.8, 4) is 5.00 Å². The lowest BCUT2D eigenvalue weighted by Gasteiger charge is -2.15. The van der Waals surface area contributed by atoms with Gasteiger partial charge in [0.2, 0.25) is 5.91 Å². The first-order valence-corrected chi connectivity index (χ1v) is 15.8. The van der Waals surface area contributed by atoms with Crippen LogP contribution < -0.4 is 5.32 Å². The minimum atomic E-state index is -0.633. The number of azo groups is 1. The number of aliphatic imine (C=N–C) groups is 1. The number of fused-ring (bicyclic) bond motifs is 5. The molecule has 0 fully saturated rings. The van der Waals surface area contributed by atoms with Crippen molar-refractivity contribution in [1.82, 2.24) is 14.8 Å². The summed E-state index contributed by atoms with van der Waals surface area (Å²) >= 11 is 7.62. The maximum Gasteiger partial charge on any atom is 0.227 e. The Morgan fingerprint density at radius 1 is 0.956 bits per heavy atom. The zero-order chi connectivity index (χ0) is 31.2. The fraction of sp³-hybridized carbons (Fsp3) is 0.206. The summed E-state index contributed by atoms with van der Waals surface area (Å²) in [7, 11) is 0. The molecule has 2 aliphatic rings. The molecule has 7 rings (SSSR count). The van der Waals surface area contributed by atoms with Crippen molar-refractivity contribution in [3.05, 3.63) is 116 Å². The lowest BCUT2D eigenvalue weighted by atomic mass is 9.99. The van der Waals surface area contributed by atoms with Crippen LogP contribution in [0.3, 0.4) is 0 Å². The van der Waals surface area contributed by atoms with Crippen molar-refractivity contribution in [2.75, 3.05) is 5.32 Å². The van der Waals surface area contributed by atoms with E-state index in [0.717, 1.165) is 57.0 Å². The van der Waals surface area contributed by atoms with Crippen molar-refractivity contribution in [1.29, 1.82) is 0 Å². The van der Waals surface area contributed by atoms with E-state index in [1.165, 1.54) is 11.3 Å². The summed E-state index contributed by atoms with van der Waals surface area (Å²) in [5.74, 6) is 0.960. The lowest BCUT2D eigenvalue weighted by Crippen LogP contribution is -2.17. The van der Waals surface area contributed by atoms with Gasteiger partial charge in [-0.25, -0.2) is 0 Å². The quantitative estimate of drug-likeness (QED) is 0.196. The smallest absolute Gasteiger partial charge is 0.227 e. The van der Waals surface area contributed by atoms with Gasteiger partial charge in [0.15, 0.2) is 11.6 Å². The normalized spacial score (nSPS) is 15.0. The average molecular weight is 634 g/mol. The fourth-order valence-electron chi connectivity index (χ4n) is 5.90. The molecule has 11 heteroatoms. The van der Waals surface area contributed by atoms with Gasteiger partial charge in [0, 0.05) is 21.8 Å². The second kappa shape index (κ2) is 11.6. The molecule has 224 valence electrons. The number of ketones is 1. The molecule has 2 aromatic heterocycles. The molecule has 4 heterocycles. The Kier molecular flexibility index (Phi) is 7.47. The number of nitrogens with one attached hydrogen (secondary N) is 1. The van der Waals surface area contributed by atoms with Gasteiger partial charge in [0.05, 0.1) is 28.4 Å². The van der Waals surface area contributed by atoms with Gasteiger partial charge in [-0.05, 0) is 86.7 Å². The molecule has 0 radical (unpaired) electrons. The average Bonchev–Trinajstić information content (AvgIpc) is 3.52. The Labute approximate surface area is 268 Å². The van der Waals surface area contributed by atoms with Gasteiger partial charge < -0.3 is 5.32 Å². The number of thiophene rings is 1. The molecule has 1 amide bonds. The Bertz CT molecular complexity index is 2060. The van der Waals surface area contributed by atoms with Gasteiger partial charge in [-0.1, -0.05) is 41.9 Å². The number of amides is 1. The monoisotopic (exact) mass is 633 g/mol. The molecular formula is C34H28ClN7O2S. The summed E-state index contributed by atoms with van der Waals surface area (Å²) in [6.07, 6.45) is 1.64. The number of benzene rings is 3. The van der Waals surface area contributed by atoms with E-state index in [1.807, 2.05) is 79.1 Å². The molecule has 0 aliphatic carbocycles. The van der Waals surface area contributed by atoms with Crippen molar-refractivity contribution >= 4 is 57.4 Å². The van der Waals surface area contributed by atoms with Crippen LogP contribution in [0.25, 0.3) is 5.00 Å². The van der Waals surface area contributed by atoms with Gasteiger partial charge in [-0.15, -0.1) is 21.5 Å². The van der Waals surface area contributed by atoms with Crippen LogP contribution in [0.5, 0.6) is 0 Å². The zero-order valence-corrected chi connectivity index (χ0v) is 26.4. The SMILES string of the molecule is CC(=O)c1sc2c(c1C)C(c1ccc(Cl)cc1)=N[C@@H](CC(=O)Nc1ccc3c(c1)CCc1ccccc1N=N3)c1nnc(C)n1-2. The first-order chi connectivity index (χ1) is 21.8. The topological polar surface area (TPSA) is 114 Å². The fourth-order valence-corrected chi connectivity index (χ4v) is 7.29. The van der Waals surface area contributed by atoms with Crippen LogP contribution in [0, 0.1) is 13.8 Å². The van der Waals surface area contributed by atoms with Crippen molar-refractivity contribution < 1.29 is 9.59 Å². The van der Waals surface area contributed by atoms with Gasteiger partial charge in [0.25, 0.3) is 0 Å². The first-order valence-electron chi connectivity index (χ1n) is 14.6. The number of carbonyl (C=O) groups is 2. The third-order valence-electron chi connectivity index (χ3n) is 8.10. The van der Waals surface area contributed by atoms with E-state index in [9.17, 15) is 9.59 Å². The van der Waals surface area contributed by atoms with Gasteiger partial charge in [-0.2, -0.15) is 10.2 Å². The van der Waals surface area contributed by atoms with Crippen LogP contribution in [0.2, 0.25) is 5.02 Å². The third kappa shape index (κ3) is 5.40. The van der Waals surface area contributed by atoms with Crippen molar-refractivity contribution in [3.63, 3.8) is 0 Å². The van der Waals surface area contributed by atoms with E-state index in [0.29, 0.717) is 32.9 Å². The van der Waals surface area contributed by atoms with Crippen LogP contribution in [-0.2, 0) is 17.6 Å². The number of anilines is 1. The molecule has 3 aromatic carbocycles. The molecule has 0 saturated heterocycles. The summed E-state index contributed by atoms with van der Waals surface area (Å²) in [4.78, 5) is 32.0. The number of hydrogen-bond acceptors (Lipinski definition) is 8. The van der Waals surface area contributed by atoms with Gasteiger partial charge in [-0.3, -0.25) is 19.1 Å². The molecule has 0 unspecified atom stereocenters. The first kappa shape index (κ1) is 28.9. The number of rotatable bonds is 5. The van der Waals surface area contributed by atoms with E-state index >= 15 is 0 Å². The molecule has 9 nitrogen and oxygen atoms in total. The Morgan fingerprint density at radius 3 is 2.47 bits per heavy atom. The van der Waals surface area contributed by atoms with Crippen LogP contribution in [0.4, 0.5) is 17.1 Å². The maximum absolute atomic E-state index is 13.6. The number of carbonyl (C=O) groups excluding carboxylic acids is 2. The molecule has 1 N–H and O–H groups in total. The number of aromatic nitrogens is 3. The minimum absolute atomic E-state index is 0.0220. The molecule has 0 bridgehead atoms. The lowest BCUT2D eigenvalue weighted by molar-refractivity contribution is -0.116. The summed E-state index contributed by atoms with van der Waals surface area (Å²) in [6.45, 7) is 5.36. The molecule has 0 spiro atoms. The minimum Gasteiger partial charge on any atom is -0.326 e. The Morgan fingerprint density at radius 2 is 1.69 bits per heavy atom. The summed E-state index contributed by atoms with van der Waals surface area (Å²) in [5.41, 5.74) is 7.68. The summed E-state index contributed by atoms with van der Waals surface area (Å²) in [5, 5.41) is 22.2. The van der Waals surface area contributed by atoms with E-state index < -0.39 is 6.04 Å². The van der Waals surface area contributed by atoms with Crippen molar-refractivity contribution in [2.45, 2.75) is 46.1 Å². The predicted molar refractivity (Wildman–Crippen MR) is 176 cm³/mol. The number of Topliss-reactive ketones (excluding diaryl/α,β-unsaturated/α-hetero) is 1. The third-order valence-corrected chi connectivity index (χ3v) is 9.73. The number of aryl methyl sites for hydroxylation is 3. The zero-order valence-electron chi connectivity index (χ0n) is 24.8. The Hall–Kier alpha value is -4.80. The van der Waals surface area contributed by atoms with E-state index in [-0.39, 0.29) is 18.1 Å². The largest absolute Gasteiger partial charge is 0.326 e. The highest BCUT2D eigenvalue weighted by Gasteiger charge is 2.33. The van der Waals surface area contributed by atoms with Crippen LogP contribution in [0.1, 0.15) is 68.5 Å². The predicted octanol–water partition coefficient (Wildman–Crippen LogP) is 8.24. The molecule has 2 aliphatic heterocycles. The Balaban J connectivity index is 1.23. The van der Waals surface area contributed by atoms with Crippen LogP contribution in [-0.4, -0.2) is 32.2 Å². The van der Waals surface area contributed by atoms with E-state index in [4.69, 9.17) is 16.6 Å². The molecule has 0 saturated carbocycles. The second-order valence-electron chi connectivity index (χ2n) is 11.2. The van der Waals surface area contributed by atoms with Crippen LogP contribution >= 0.6 is 22.9 Å². The highest BCUT2D eigenvalue weighted by molar-refractivity contribution is 7.17.